The van der Waals surface area contributed by atoms with Gasteiger partial charge in [-0.1, -0.05) is 0 Å². The smallest absolute Gasteiger partial charge is 0.349 e. The molecule has 0 aromatic heterocycles. The molecule has 0 bridgehead atoms. The van der Waals surface area contributed by atoms with Crippen LogP contribution < -0.4 is 5.90 Å². The summed E-state index contributed by atoms with van der Waals surface area (Å²) in [5.41, 5.74) is 0. The normalized spacial score (nSPS) is 9.64. The van der Waals surface area contributed by atoms with Gasteiger partial charge >= 0.3 is 11.9 Å². The van der Waals surface area contributed by atoms with Crippen LogP contribution in [-0.4, -0.2) is 18.5 Å². The molecule has 0 unspecified atom stereocenters. The minimum atomic E-state index is -0.683. The molecule has 0 saturated heterocycles. The largest absolute Gasteiger partial charge is 0.462 e. The maximum absolute atomic E-state index is 10.3. The Balaban J connectivity index is 3.45. The van der Waals surface area contributed by atoms with E-state index in [1.54, 1.807) is 0 Å². The van der Waals surface area contributed by atoms with E-state index in [2.05, 4.69) is 15.5 Å². The Morgan fingerprint density at radius 1 is 1.55 bits per heavy atom. The van der Waals surface area contributed by atoms with Crippen LogP contribution in [0.4, 0.5) is 0 Å². The Morgan fingerprint density at radius 2 is 2.18 bits per heavy atom. The van der Waals surface area contributed by atoms with Gasteiger partial charge in [0.25, 0.3) is 0 Å². The average Bonchev–Trinajstić information content (AvgIpc) is 1.97. The zero-order valence-corrected chi connectivity index (χ0v) is 6.07. The van der Waals surface area contributed by atoms with Gasteiger partial charge in [-0.2, -0.15) is 5.90 Å². The van der Waals surface area contributed by atoms with Gasteiger partial charge in [0.2, 0.25) is 0 Å². The second-order valence-electron chi connectivity index (χ2n) is 1.64. The molecule has 5 nitrogen and oxygen atoms in total. The second-order valence-corrected chi connectivity index (χ2v) is 1.64. The molecule has 0 heterocycles. The van der Waals surface area contributed by atoms with Crippen LogP contribution in [0, 0.1) is 0 Å². The lowest BCUT2D eigenvalue weighted by Crippen LogP contribution is -2.06. The van der Waals surface area contributed by atoms with E-state index in [0.717, 1.165) is 6.08 Å². The van der Waals surface area contributed by atoms with Gasteiger partial charge < -0.3 is 9.57 Å². The number of rotatable bonds is 3. The fourth-order valence-corrected chi connectivity index (χ4v) is 0.349. The highest BCUT2D eigenvalue weighted by Gasteiger charge is 1.91. The molecule has 11 heavy (non-hydrogen) atoms. The number of carbonyl (C=O) groups is 2. The Morgan fingerprint density at radius 3 is 2.64 bits per heavy atom. The fraction of sp³-hybridized carbons (Fsp3) is 0.333. The van der Waals surface area contributed by atoms with E-state index in [4.69, 9.17) is 0 Å². The van der Waals surface area contributed by atoms with E-state index >= 15 is 0 Å². The third-order valence-corrected chi connectivity index (χ3v) is 0.753. The van der Waals surface area contributed by atoms with Crippen molar-refractivity contribution in [3.8, 4) is 0 Å². The van der Waals surface area contributed by atoms with Crippen molar-refractivity contribution in [2.24, 2.45) is 5.90 Å². The van der Waals surface area contributed by atoms with E-state index in [1.807, 2.05) is 0 Å². The highest BCUT2D eigenvalue weighted by molar-refractivity contribution is 5.81. The summed E-state index contributed by atoms with van der Waals surface area (Å²) in [4.78, 5) is 24.2. The Hall–Kier alpha value is -1.36. The van der Waals surface area contributed by atoms with E-state index in [1.165, 1.54) is 13.0 Å². The van der Waals surface area contributed by atoms with Gasteiger partial charge in [0, 0.05) is 13.0 Å². The first-order valence-electron chi connectivity index (χ1n) is 2.87. The topological polar surface area (TPSA) is 78.6 Å². The zero-order valence-electron chi connectivity index (χ0n) is 6.07. The van der Waals surface area contributed by atoms with Gasteiger partial charge in [0.05, 0.1) is 0 Å². The molecule has 0 aliphatic rings. The summed E-state index contributed by atoms with van der Waals surface area (Å²) in [6.45, 7) is 1.32. The van der Waals surface area contributed by atoms with Crippen LogP contribution in [0.2, 0.25) is 0 Å². The highest BCUT2D eigenvalue weighted by Crippen LogP contribution is 1.80. The summed E-state index contributed by atoms with van der Waals surface area (Å²) in [5, 5.41) is 0. The molecule has 0 radical (unpaired) electrons. The van der Waals surface area contributed by atoms with Crippen molar-refractivity contribution in [1.82, 2.24) is 0 Å². The van der Waals surface area contributed by atoms with Crippen molar-refractivity contribution in [3.05, 3.63) is 12.2 Å². The highest BCUT2D eigenvalue weighted by atomic mass is 16.7. The summed E-state index contributed by atoms with van der Waals surface area (Å²) in [7, 11) is 0. The minimum Gasteiger partial charge on any atom is -0.462 e. The Kier molecular flexibility index (Phi) is 4.76. The average molecular weight is 159 g/mol. The molecule has 0 amide bonds. The van der Waals surface area contributed by atoms with Crippen LogP contribution in [-0.2, 0) is 19.2 Å². The lowest BCUT2D eigenvalue weighted by molar-refractivity contribution is -0.140. The molecule has 0 rings (SSSR count). The lowest BCUT2D eigenvalue weighted by atomic mass is 10.5. The minimum absolute atomic E-state index is 0.0461. The number of hydrogen-bond acceptors (Lipinski definition) is 5. The molecule has 0 saturated carbocycles. The van der Waals surface area contributed by atoms with Crippen LogP contribution in [0.5, 0.6) is 0 Å². The molecule has 0 aromatic carbocycles. The zero-order chi connectivity index (χ0) is 8.69. The molecule has 0 fully saturated rings. The van der Waals surface area contributed by atoms with E-state index in [9.17, 15) is 9.59 Å². The molecule has 0 spiro atoms. The summed E-state index contributed by atoms with van der Waals surface area (Å²) >= 11 is 0. The maximum Gasteiger partial charge on any atom is 0.349 e. The summed E-state index contributed by atoms with van der Waals surface area (Å²) in [5.74, 6) is 3.42. The fourth-order valence-electron chi connectivity index (χ4n) is 0.349. The summed E-state index contributed by atoms with van der Waals surface area (Å²) in [6.07, 6.45) is 2.40. The van der Waals surface area contributed by atoms with Crippen LogP contribution in [0.15, 0.2) is 12.2 Å². The van der Waals surface area contributed by atoms with E-state index in [0.29, 0.717) is 0 Å². The van der Waals surface area contributed by atoms with Gasteiger partial charge in [-0.3, -0.25) is 4.79 Å². The lowest BCUT2D eigenvalue weighted by Gasteiger charge is -1.93. The maximum atomic E-state index is 10.3. The molecular weight excluding hydrogens is 150 g/mol. The number of ether oxygens (including phenoxy) is 1. The van der Waals surface area contributed by atoms with Crippen LogP contribution in [0.3, 0.4) is 0 Å². The van der Waals surface area contributed by atoms with Gasteiger partial charge in [-0.25, -0.2) is 4.79 Å². The van der Waals surface area contributed by atoms with Crippen LogP contribution in [0.1, 0.15) is 6.92 Å². The van der Waals surface area contributed by atoms with Crippen molar-refractivity contribution >= 4 is 11.9 Å². The summed E-state index contributed by atoms with van der Waals surface area (Å²) < 4.78 is 4.46. The van der Waals surface area contributed by atoms with Crippen LogP contribution >= 0.6 is 0 Å². The standard InChI is InChI=1S/C6H9NO4/c1-5(8)10-4-2-3-6(9)11-7/h2-3H,4,7H2,1H3/b3-2+. The third-order valence-electron chi connectivity index (χ3n) is 0.753. The Labute approximate surface area is 63.7 Å². The van der Waals surface area contributed by atoms with E-state index in [-0.39, 0.29) is 6.61 Å². The molecule has 62 valence electrons. The van der Waals surface area contributed by atoms with Crippen LogP contribution in [0.25, 0.3) is 0 Å². The van der Waals surface area contributed by atoms with E-state index < -0.39 is 11.9 Å². The van der Waals surface area contributed by atoms with Gasteiger partial charge in [-0.05, 0) is 6.08 Å². The van der Waals surface area contributed by atoms with Crippen molar-refractivity contribution in [2.45, 2.75) is 6.92 Å². The molecule has 0 aliphatic heterocycles. The number of nitrogens with two attached hydrogens (primary N) is 1. The quantitative estimate of drug-likeness (QED) is 0.342. The summed E-state index contributed by atoms with van der Waals surface area (Å²) in [6, 6.07) is 0. The predicted octanol–water partition coefficient (Wildman–Crippen LogP) is -0.477. The molecule has 2 N–H and O–H groups in total. The SMILES string of the molecule is CC(=O)OC/C=C/C(=O)ON. The molecule has 0 atom stereocenters. The molecule has 5 heteroatoms. The van der Waals surface area contributed by atoms with Gasteiger partial charge in [-0.15, -0.1) is 0 Å². The number of carbonyl (C=O) groups excluding carboxylic acids is 2. The van der Waals surface area contributed by atoms with Crippen molar-refractivity contribution in [3.63, 3.8) is 0 Å². The van der Waals surface area contributed by atoms with Crippen molar-refractivity contribution in [1.29, 1.82) is 0 Å². The third kappa shape index (κ3) is 6.53. The first-order valence-corrected chi connectivity index (χ1v) is 2.87. The monoisotopic (exact) mass is 159 g/mol. The first kappa shape index (κ1) is 9.64. The van der Waals surface area contributed by atoms with Crippen molar-refractivity contribution < 1.29 is 19.2 Å². The second kappa shape index (κ2) is 5.43. The van der Waals surface area contributed by atoms with Gasteiger partial charge in [0.1, 0.15) is 6.61 Å². The van der Waals surface area contributed by atoms with Crippen molar-refractivity contribution in [2.75, 3.05) is 6.61 Å². The molecular formula is C6H9NO4. The number of hydrogen-bond donors (Lipinski definition) is 1. The first-order chi connectivity index (χ1) is 5.16. The Bertz CT molecular complexity index is 175. The number of esters is 1. The predicted molar refractivity (Wildman–Crippen MR) is 36.1 cm³/mol. The molecule has 0 aliphatic carbocycles. The molecule has 0 aromatic rings. The van der Waals surface area contributed by atoms with Gasteiger partial charge in [0.15, 0.2) is 0 Å².